The fraction of sp³-hybridized carbons (Fsp3) is 0.611. The van der Waals surface area contributed by atoms with Gasteiger partial charge in [0.2, 0.25) is 5.91 Å². The van der Waals surface area contributed by atoms with Crippen molar-refractivity contribution in [1.82, 2.24) is 5.32 Å². The van der Waals surface area contributed by atoms with Crippen LogP contribution in [0.25, 0.3) is 0 Å². The topological polar surface area (TPSA) is 38.3 Å². The van der Waals surface area contributed by atoms with Crippen molar-refractivity contribution in [1.29, 1.82) is 0 Å². The van der Waals surface area contributed by atoms with Crippen LogP contribution in [0, 0.1) is 5.92 Å². The van der Waals surface area contributed by atoms with Crippen LogP contribution < -0.4 is 5.32 Å². The van der Waals surface area contributed by atoms with Crippen molar-refractivity contribution < 1.29 is 9.53 Å². The highest BCUT2D eigenvalue weighted by atomic mass is 16.5. The zero-order valence-electron chi connectivity index (χ0n) is 13.4. The van der Waals surface area contributed by atoms with E-state index >= 15 is 0 Å². The van der Waals surface area contributed by atoms with Gasteiger partial charge in [0, 0.05) is 13.2 Å². The molecule has 21 heavy (non-hydrogen) atoms. The minimum atomic E-state index is -0.112. The molecule has 0 aliphatic carbocycles. The molecule has 3 heteroatoms. The van der Waals surface area contributed by atoms with E-state index in [0.29, 0.717) is 12.5 Å². The minimum Gasteiger partial charge on any atom is -0.376 e. The first-order valence-corrected chi connectivity index (χ1v) is 8.04. The lowest BCUT2D eigenvalue weighted by atomic mass is 9.96. The summed E-state index contributed by atoms with van der Waals surface area (Å²) in [6.45, 7) is 7.86. The van der Waals surface area contributed by atoms with Crippen LogP contribution in [0.5, 0.6) is 0 Å². The van der Waals surface area contributed by atoms with Gasteiger partial charge in [-0.1, -0.05) is 38.1 Å². The van der Waals surface area contributed by atoms with Crippen molar-refractivity contribution in [2.24, 2.45) is 5.92 Å². The van der Waals surface area contributed by atoms with Crippen LogP contribution >= 0.6 is 0 Å². The number of rotatable bonds is 6. The average Bonchev–Trinajstić information content (AvgIpc) is 2.97. The standard InChI is InChI=1S/C18H27NO2/c1-13(2)11-15-6-8-16(9-7-15)14(3)18(20)19-12-17-5-4-10-21-17/h6-9,13-14,17H,4-5,10-12H2,1-3H3,(H,19,20). The molecule has 1 aromatic rings. The molecular formula is C18H27NO2. The van der Waals surface area contributed by atoms with Crippen molar-refractivity contribution in [3.05, 3.63) is 35.4 Å². The van der Waals surface area contributed by atoms with E-state index in [0.717, 1.165) is 31.4 Å². The van der Waals surface area contributed by atoms with Gasteiger partial charge in [0.1, 0.15) is 0 Å². The molecule has 0 bridgehead atoms. The summed E-state index contributed by atoms with van der Waals surface area (Å²) in [5, 5.41) is 3.01. The Labute approximate surface area is 128 Å². The Balaban J connectivity index is 1.85. The van der Waals surface area contributed by atoms with E-state index in [9.17, 15) is 4.79 Å². The molecule has 0 aromatic heterocycles. The quantitative estimate of drug-likeness (QED) is 0.872. The largest absolute Gasteiger partial charge is 0.376 e. The van der Waals surface area contributed by atoms with Gasteiger partial charge >= 0.3 is 0 Å². The SMILES string of the molecule is CC(C)Cc1ccc(C(C)C(=O)NCC2CCCO2)cc1. The number of amides is 1. The Kier molecular flexibility index (Phi) is 5.80. The van der Waals surface area contributed by atoms with Gasteiger partial charge < -0.3 is 10.1 Å². The molecule has 2 unspecified atom stereocenters. The van der Waals surface area contributed by atoms with E-state index in [1.807, 2.05) is 6.92 Å². The number of carbonyl (C=O) groups excluding carboxylic acids is 1. The maximum absolute atomic E-state index is 12.2. The van der Waals surface area contributed by atoms with Gasteiger partial charge in [-0.15, -0.1) is 0 Å². The van der Waals surface area contributed by atoms with Crippen molar-refractivity contribution >= 4 is 5.91 Å². The van der Waals surface area contributed by atoms with Crippen LogP contribution in [0.3, 0.4) is 0 Å². The van der Waals surface area contributed by atoms with Crippen LogP contribution in [0.15, 0.2) is 24.3 Å². The molecular weight excluding hydrogens is 262 g/mol. The first kappa shape index (κ1) is 16.0. The van der Waals surface area contributed by atoms with Gasteiger partial charge in [-0.25, -0.2) is 0 Å². The Morgan fingerprint density at radius 1 is 1.29 bits per heavy atom. The van der Waals surface area contributed by atoms with Crippen molar-refractivity contribution in [3.8, 4) is 0 Å². The lowest BCUT2D eigenvalue weighted by Crippen LogP contribution is -2.34. The molecule has 1 N–H and O–H groups in total. The highest BCUT2D eigenvalue weighted by Gasteiger charge is 2.19. The first-order chi connectivity index (χ1) is 10.1. The predicted octanol–water partition coefficient (Wildman–Crippen LogP) is 3.28. The fourth-order valence-electron chi connectivity index (χ4n) is 2.74. The summed E-state index contributed by atoms with van der Waals surface area (Å²) in [6, 6.07) is 8.43. The van der Waals surface area contributed by atoms with E-state index in [2.05, 4.69) is 43.4 Å². The number of ether oxygens (including phenoxy) is 1. The first-order valence-electron chi connectivity index (χ1n) is 8.04. The third-order valence-corrected chi connectivity index (χ3v) is 4.04. The highest BCUT2D eigenvalue weighted by Crippen LogP contribution is 2.18. The number of benzene rings is 1. The van der Waals surface area contributed by atoms with Gasteiger partial charge in [-0.05, 0) is 43.2 Å². The monoisotopic (exact) mass is 289 g/mol. The fourth-order valence-corrected chi connectivity index (χ4v) is 2.74. The third-order valence-electron chi connectivity index (χ3n) is 4.04. The smallest absolute Gasteiger partial charge is 0.227 e. The zero-order chi connectivity index (χ0) is 15.2. The second kappa shape index (κ2) is 7.60. The minimum absolute atomic E-state index is 0.0853. The van der Waals surface area contributed by atoms with Crippen molar-refractivity contribution in [2.75, 3.05) is 13.2 Å². The molecule has 1 amide bonds. The number of hydrogen-bond acceptors (Lipinski definition) is 2. The summed E-state index contributed by atoms with van der Waals surface area (Å²) in [5.74, 6) is 0.629. The molecule has 1 aliphatic rings. The van der Waals surface area contributed by atoms with Gasteiger partial charge in [0.25, 0.3) is 0 Å². The maximum Gasteiger partial charge on any atom is 0.227 e. The number of hydrogen-bond donors (Lipinski definition) is 1. The molecule has 1 aromatic carbocycles. The summed E-state index contributed by atoms with van der Waals surface area (Å²) in [6.07, 6.45) is 3.45. The summed E-state index contributed by atoms with van der Waals surface area (Å²) < 4.78 is 5.53. The van der Waals surface area contributed by atoms with Crippen molar-refractivity contribution in [3.63, 3.8) is 0 Å². The molecule has 2 atom stereocenters. The maximum atomic E-state index is 12.2. The lowest BCUT2D eigenvalue weighted by Gasteiger charge is -2.16. The van der Waals surface area contributed by atoms with E-state index in [1.54, 1.807) is 0 Å². The van der Waals surface area contributed by atoms with E-state index in [1.165, 1.54) is 5.56 Å². The Hall–Kier alpha value is -1.35. The Morgan fingerprint density at radius 2 is 2.00 bits per heavy atom. The molecule has 0 saturated carbocycles. The number of nitrogens with one attached hydrogen (secondary N) is 1. The highest BCUT2D eigenvalue weighted by molar-refractivity contribution is 5.83. The third kappa shape index (κ3) is 4.85. The summed E-state index contributed by atoms with van der Waals surface area (Å²) in [4.78, 5) is 12.2. The van der Waals surface area contributed by atoms with Crippen LogP contribution in [0.2, 0.25) is 0 Å². The van der Waals surface area contributed by atoms with E-state index < -0.39 is 0 Å². The molecule has 1 fully saturated rings. The van der Waals surface area contributed by atoms with Gasteiger partial charge in [-0.3, -0.25) is 4.79 Å². The Bertz CT molecular complexity index is 447. The van der Waals surface area contributed by atoms with Crippen LogP contribution in [-0.4, -0.2) is 25.2 Å². The summed E-state index contributed by atoms with van der Waals surface area (Å²) in [7, 11) is 0. The van der Waals surface area contributed by atoms with E-state index in [-0.39, 0.29) is 17.9 Å². The molecule has 116 valence electrons. The van der Waals surface area contributed by atoms with E-state index in [4.69, 9.17) is 4.74 Å². The van der Waals surface area contributed by atoms with Crippen LogP contribution in [0.1, 0.15) is 50.7 Å². The Morgan fingerprint density at radius 3 is 2.57 bits per heavy atom. The molecule has 2 rings (SSSR count). The molecule has 1 heterocycles. The van der Waals surface area contributed by atoms with Gasteiger partial charge in [0.05, 0.1) is 12.0 Å². The lowest BCUT2D eigenvalue weighted by molar-refractivity contribution is -0.122. The second-order valence-electron chi connectivity index (χ2n) is 6.44. The molecule has 1 saturated heterocycles. The molecule has 3 nitrogen and oxygen atoms in total. The molecule has 1 aliphatic heterocycles. The summed E-state index contributed by atoms with van der Waals surface area (Å²) >= 11 is 0. The van der Waals surface area contributed by atoms with Gasteiger partial charge in [-0.2, -0.15) is 0 Å². The predicted molar refractivity (Wildman–Crippen MR) is 85.4 cm³/mol. The van der Waals surface area contributed by atoms with Crippen molar-refractivity contribution in [2.45, 2.75) is 52.1 Å². The molecule has 0 radical (unpaired) electrons. The van der Waals surface area contributed by atoms with Crippen LogP contribution in [0.4, 0.5) is 0 Å². The number of carbonyl (C=O) groups is 1. The van der Waals surface area contributed by atoms with Gasteiger partial charge in [0.15, 0.2) is 0 Å². The van der Waals surface area contributed by atoms with Crippen LogP contribution in [-0.2, 0) is 16.0 Å². The average molecular weight is 289 g/mol. The normalized spacial score (nSPS) is 19.7. The molecule has 0 spiro atoms. The summed E-state index contributed by atoms with van der Waals surface area (Å²) in [5.41, 5.74) is 2.41. The second-order valence-corrected chi connectivity index (χ2v) is 6.44. The zero-order valence-corrected chi connectivity index (χ0v) is 13.4.